The van der Waals surface area contributed by atoms with Gasteiger partial charge >= 0.3 is 0 Å². The standard InChI is InChI=1S/C8H6BrClF2O/c9-5-2-1-4(6(13)3-10)7(11)8(5)12/h1-2,6,13H,3H2/t6-/m0/s1. The molecule has 0 aliphatic carbocycles. The minimum Gasteiger partial charge on any atom is -0.387 e. The highest BCUT2D eigenvalue weighted by molar-refractivity contribution is 9.10. The first-order chi connectivity index (χ1) is 6.07. The number of halogens is 4. The van der Waals surface area contributed by atoms with Crippen molar-refractivity contribution in [2.24, 2.45) is 0 Å². The highest BCUT2D eigenvalue weighted by Gasteiger charge is 2.16. The van der Waals surface area contributed by atoms with Crippen molar-refractivity contribution in [3.63, 3.8) is 0 Å². The predicted molar refractivity (Wildman–Crippen MR) is 49.7 cm³/mol. The maximum atomic E-state index is 13.1. The highest BCUT2D eigenvalue weighted by atomic mass is 79.9. The van der Waals surface area contributed by atoms with Crippen LogP contribution < -0.4 is 0 Å². The van der Waals surface area contributed by atoms with Crippen molar-refractivity contribution in [1.29, 1.82) is 0 Å². The minimum absolute atomic E-state index is 0.0236. The van der Waals surface area contributed by atoms with Gasteiger partial charge in [-0.15, -0.1) is 11.6 Å². The SMILES string of the molecule is O[C@@H](CCl)c1ccc(Br)c(F)c1F. The van der Waals surface area contributed by atoms with Crippen molar-refractivity contribution in [1.82, 2.24) is 0 Å². The molecule has 5 heteroatoms. The molecule has 0 amide bonds. The summed E-state index contributed by atoms with van der Waals surface area (Å²) in [4.78, 5) is 0. The number of aliphatic hydroxyl groups excluding tert-OH is 1. The molecular formula is C8H6BrClF2O. The van der Waals surface area contributed by atoms with Crippen LogP contribution in [-0.4, -0.2) is 11.0 Å². The normalized spacial score (nSPS) is 13.0. The summed E-state index contributed by atoms with van der Waals surface area (Å²) in [6.07, 6.45) is -1.18. The molecule has 0 unspecified atom stereocenters. The van der Waals surface area contributed by atoms with Crippen LogP contribution in [0.2, 0.25) is 0 Å². The lowest BCUT2D eigenvalue weighted by atomic mass is 10.1. The van der Waals surface area contributed by atoms with Gasteiger partial charge in [-0.05, 0) is 22.0 Å². The number of hydrogen-bond donors (Lipinski definition) is 1. The molecule has 0 aliphatic rings. The highest BCUT2D eigenvalue weighted by Crippen LogP contribution is 2.25. The summed E-state index contributed by atoms with van der Waals surface area (Å²) >= 11 is 8.12. The van der Waals surface area contributed by atoms with Crippen LogP contribution >= 0.6 is 27.5 Å². The first-order valence-electron chi connectivity index (χ1n) is 3.45. The lowest BCUT2D eigenvalue weighted by molar-refractivity contribution is 0.196. The van der Waals surface area contributed by atoms with Gasteiger partial charge in [0.05, 0.1) is 16.5 Å². The zero-order valence-corrected chi connectivity index (χ0v) is 8.74. The maximum absolute atomic E-state index is 13.1. The smallest absolute Gasteiger partial charge is 0.173 e. The van der Waals surface area contributed by atoms with Gasteiger partial charge in [-0.25, -0.2) is 8.78 Å². The number of hydrogen-bond acceptors (Lipinski definition) is 1. The molecule has 0 bridgehead atoms. The van der Waals surface area contributed by atoms with Crippen LogP contribution in [0.25, 0.3) is 0 Å². The first kappa shape index (κ1) is 10.9. The van der Waals surface area contributed by atoms with Gasteiger partial charge in [0.2, 0.25) is 0 Å². The summed E-state index contributed by atoms with van der Waals surface area (Å²) in [6, 6.07) is 2.61. The summed E-state index contributed by atoms with van der Waals surface area (Å²) in [7, 11) is 0. The molecule has 1 aromatic rings. The number of rotatable bonds is 2. The third kappa shape index (κ3) is 2.18. The van der Waals surface area contributed by atoms with E-state index in [0.29, 0.717) is 0 Å². The fraction of sp³-hybridized carbons (Fsp3) is 0.250. The van der Waals surface area contributed by atoms with Gasteiger partial charge in [-0.2, -0.15) is 0 Å². The zero-order valence-electron chi connectivity index (χ0n) is 6.40. The monoisotopic (exact) mass is 270 g/mol. The Kier molecular flexibility index (Phi) is 3.64. The topological polar surface area (TPSA) is 20.2 Å². The van der Waals surface area contributed by atoms with Crippen LogP contribution in [0.4, 0.5) is 8.78 Å². The molecule has 0 aliphatic heterocycles. The van der Waals surface area contributed by atoms with Crippen LogP contribution in [0.3, 0.4) is 0 Å². The molecular weight excluding hydrogens is 265 g/mol. The largest absolute Gasteiger partial charge is 0.387 e. The summed E-state index contributed by atoms with van der Waals surface area (Å²) in [6.45, 7) is 0. The molecule has 0 fully saturated rings. The van der Waals surface area contributed by atoms with Crippen LogP contribution in [-0.2, 0) is 0 Å². The first-order valence-corrected chi connectivity index (χ1v) is 4.78. The molecule has 0 spiro atoms. The summed E-state index contributed by atoms with van der Waals surface area (Å²) in [5.41, 5.74) is -0.129. The van der Waals surface area contributed by atoms with Crippen molar-refractivity contribution in [2.45, 2.75) is 6.10 Å². The Hall–Kier alpha value is -0.190. The lowest BCUT2D eigenvalue weighted by Gasteiger charge is -2.09. The average Bonchev–Trinajstić information content (AvgIpc) is 2.13. The van der Waals surface area contributed by atoms with Crippen LogP contribution in [0, 0.1) is 11.6 Å². The van der Waals surface area contributed by atoms with E-state index in [0.717, 1.165) is 0 Å². The number of benzene rings is 1. The molecule has 0 radical (unpaired) electrons. The Morgan fingerprint density at radius 3 is 2.54 bits per heavy atom. The fourth-order valence-corrected chi connectivity index (χ4v) is 1.35. The third-order valence-electron chi connectivity index (χ3n) is 1.57. The number of aliphatic hydroxyl groups is 1. The molecule has 0 heterocycles. The van der Waals surface area contributed by atoms with Gasteiger partial charge in [0.1, 0.15) is 0 Å². The van der Waals surface area contributed by atoms with Crippen molar-refractivity contribution in [3.8, 4) is 0 Å². The summed E-state index contributed by atoms with van der Waals surface area (Å²) < 4.78 is 26.0. The van der Waals surface area contributed by atoms with E-state index in [1.54, 1.807) is 0 Å². The van der Waals surface area contributed by atoms with Crippen LogP contribution in [0.5, 0.6) is 0 Å². The van der Waals surface area contributed by atoms with Gasteiger partial charge < -0.3 is 5.11 Å². The Labute approximate surface area is 87.5 Å². The summed E-state index contributed by atoms with van der Waals surface area (Å²) in [5, 5.41) is 9.17. The third-order valence-corrected chi connectivity index (χ3v) is 2.47. The van der Waals surface area contributed by atoms with E-state index in [1.807, 2.05) is 0 Å². The second kappa shape index (κ2) is 4.35. The molecule has 1 nitrogen and oxygen atoms in total. The van der Waals surface area contributed by atoms with Gasteiger partial charge in [-0.1, -0.05) is 6.07 Å². The molecule has 1 atom stereocenters. The molecule has 1 rings (SSSR count). The van der Waals surface area contributed by atoms with Gasteiger partial charge in [-0.3, -0.25) is 0 Å². The van der Waals surface area contributed by atoms with Crippen LogP contribution in [0.1, 0.15) is 11.7 Å². The van der Waals surface area contributed by atoms with Crippen LogP contribution in [0.15, 0.2) is 16.6 Å². The van der Waals surface area contributed by atoms with E-state index in [4.69, 9.17) is 11.6 Å². The predicted octanol–water partition coefficient (Wildman–Crippen LogP) is 3.00. The Morgan fingerprint density at radius 1 is 1.38 bits per heavy atom. The molecule has 1 N–H and O–H groups in total. The molecule has 0 saturated carbocycles. The maximum Gasteiger partial charge on any atom is 0.173 e. The Bertz CT molecular complexity index is 319. The van der Waals surface area contributed by atoms with E-state index >= 15 is 0 Å². The zero-order chi connectivity index (χ0) is 10.0. The summed E-state index contributed by atoms with van der Waals surface area (Å²) in [5.74, 6) is -2.25. The van der Waals surface area contributed by atoms with E-state index in [2.05, 4.69) is 15.9 Å². The second-order valence-corrected chi connectivity index (χ2v) is 3.60. The quantitative estimate of drug-likeness (QED) is 0.647. The van der Waals surface area contributed by atoms with E-state index in [9.17, 15) is 13.9 Å². The van der Waals surface area contributed by atoms with Gasteiger partial charge in [0.15, 0.2) is 11.6 Å². The average molecular weight is 271 g/mol. The second-order valence-electron chi connectivity index (χ2n) is 2.43. The molecule has 1 aromatic carbocycles. The van der Waals surface area contributed by atoms with Gasteiger partial charge in [0.25, 0.3) is 0 Å². The van der Waals surface area contributed by atoms with Crippen molar-refractivity contribution in [2.75, 3.05) is 5.88 Å². The lowest BCUT2D eigenvalue weighted by Crippen LogP contribution is -2.04. The Balaban J connectivity index is 3.18. The fourth-order valence-electron chi connectivity index (χ4n) is 0.881. The number of alkyl halides is 1. The van der Waals surface area contributed by atoms with E-state index in [1.165, 1.54) is 12.1 Å². The van der Waals surface area contributed by atoms with Crippen molar-refractivity contribution < 1.29 is 13.9 Å². The van der Waals surface area contributed by atoms with Crippen molar-refractivity contribution >= 4 is 27.5 Å². The Morgan fingerprint density at radius 2 is 2.00 bits per heavy atom. The minimum atomic E-state index is -1.18. The van der Waals surface area contributed by atoms with E-state index < -0.39 is 17.7 Å². The molecule has 72 valence electrons. The molecule has 0 aromatic heterocycles. The molecule has 13 heavy (non-hydrogen) atoms. The van der Waals surface area contributed by atoms with Gasteiger partial charge in [0, 0.05) is 5.56 Å². The van der Waals surface area contributed by atoms with Crippen molar-refractivity contribution in [3.05, 3.63) is 33.8 Å². The molecule has 0 saturated heterocycles. The van der Waals surface area contributed by atoms with E-state index in [-0.39, 0.29) is 15.9 Å².